The van der Waals surface area contributed by atoms with E-state index in [2.05, 4.69) is 11.9 Å². The predicted molar refractivity (Wildman–Crippen MR) is 98.6 cm³/mol. The number of anilines is 1. The van der Waals surface area contributed by atoms with Gasteiger partial charge < -0.3 is 5.73 Å². The number of halogens is 3. The van der Waals surface area contributed by atoms with Crippen LogP contribution < -0.4 is 5.73 Å². The lowest BCUT2D eigenvalue weighted by Gasteiger charge is -2.12. The fourth-order valence-electron chi connectivity index (χ4n) is 2.81. The molecule has 1 heterocycles. The van der Waals surface area contributed by atoms with Gasteiger partial charge in [0, 0.05) is 11.1 Å². The molecular weight excluding hydrogens is 351 g/mol. The molecule has 0 aliphatic heterocycles. The summed E-state index contributed by atoms with van der Waals surface area (Å²) in [6.45, 7) is 2.05. The summed E-state index contributed by atoms with van der Waals surface area (Å²) in [4.78, 5) is 4.29. The maximum absolute atomic E-state index is 12.8. The van der Waals surface area contributed by atoms with E-state index in [1.807, 2.05) is 30.3 Å². The zero-order chi connectivity index (χ0) is 19.6. The van der Waals surface area contributed by atoms with Crippen LogP contribution in [0.1, 0.15) is 23.6 Å². The van der Waals surface area contributed by atoms with E-state index in [1.54, 1.807) is 6.07 Å². The fraction of sp³-hybridized carbons (Fsp3) is 0.143. The Morgan fingerprint density at radius 1 is 1.00 bits per heavy atom. The molecule has 0 saturated heterocycles. The largest absolute Gasteiger partial charge is 0.416 e. The summed E-state index contributed by atoms with van der Waals surface area (Å²) in [5, 5.41) is 9.42. The minimum absolute atomic E-state index is 0.0458. The standard InChI is InChI=1S/C21H16F3N3/c1-2-13-3-5-15(6-4-13)19-11-17(18(12-25)20(26)27-19)14-7-9-16(10-8-14)21(22,23)24/h3-11H,2H2,1H3,(H2,26,27). The average molecular weight is 367 g/mol. The minimum Gasteiger partial charge on any atom is -0.383 e. The van der Waals surface area contributed by atoms with Crippen LogP contribution >= 0.6 is 0 Å². The zero-order valence-electron chi connectivity index (χ0n) is 14.5. The molecule has 1 aromatic heterocycles. The molecule has 27 heavy (non-hydrogen) atoms. The van der Waals surface area contributed by atoms with Gasteiger partial charge in [-0.15, -0.1) is 0 Å². The number of aryl methyl sites for hydroxylation is 1. The maximum atomic E-state index is 12.8. The Labute approximate surface area is 154 Å². The molecule has 0 amide bonds. The highest BCUT2D eigenvalue weighted by molar-refractivity contribution is 5.80. The molecule has 2 N–H and O–H groups in total. The molecule has 3 nitrogen and oxygen atoms in total. The summed E-state index contributed by atoms with van der Waals surface area (Å²) in [6.07, 6.45) is -3.51. The second kappa shape index (κ2) is 7.12. The lowest BCUT2D eigenvalue weighted by Crippen LogP contribution is -2.04. The first-order chi connectivity index (χ1) is 12.8. The Bertz CT molecular complexity index is 999. The number of pyridine rings is 1. The van der Waals surface area contributed by atoms with Crippen molar-refractivity contribution in [1.82, 2.24) is 4.98 Å². The number of hydrogen-bond acceptors (Lipinski definition) is 3. The van der Waals surface area contributed by atoms with Gasteiger partial charge in [-0.1, -0.05) is 43.3 Å². The first-order valence-electron chi connectivity index (χ1n) is 8.31. The molecular formula is C21H16F3N3. The topological polar surface area (TPSA) is 62.7 Å². The number of alkyl halides is 3. The van der Waals surface area contributed by atoms with Crippen molar-refractivity contribution in [2.75, 3.05) is 5.73 Å². The van der Waals surface area contributed by atoms with Crippen molar-refractivity contribution in [2.45, 2.75) is 19.5 Å². The number of aromatic nitrogens is 1. The highest BCUT2D eigenvalue weighted by Gasteiger charge is 2.30. The van der Waals surface area contributed by atoms with Gasteiger partial charge in [0.25, 0.3) is 0 Å². The van der Waals surface area contributed by atoms with Crippen LogP contribution in [0.15, 0.2) is 54.6 Å². The van der Waals surface area contributed by atoms with Crippen LogP contribution in [0.3, 0.4) is 0 Å². The van der Waals surface area contributed by atoms with Gasteiger partial charge in [-0.3, -0.25) is 0 Å². The van der Waals surface area contributed by atoms with E-state index < -0.39 is 11.7 Å². The first-order valence-corrected chi connectivity index (χ1v) is 8.31. The Morgan fingerprint density at radius 3 is 2.11 bits per heavy atom. The van der Waals surface area contributed by atoms with Crippen LogP contribution in [0.5, 0.6) is 0 Å². The highest BCUT2D eigenvalue weighted by Crippen LogP contribution is 2.34. The fourth-order valence-corrected chi connectivity index (χ4v) is 2.81. The summed E-state index contributed by atoms with van der Waals surface area (Å²) in [5.41, 5.74) is 8.81. The zero-order valence-corrected chi connectivity index (χ0v) is 14.5. The summed E-state index contributed by atoms with van der Waals surface area (Å²) < 4.78 is 38.4. The van der Waals surface area contributed by atoms with Crippen LogP contribution in [0.4, 0.5) is 19.0 Å². The van der Waals surface area contributed by atoms with E-state index in [9.17, 15) is 18.4 Å². The Balaban J connectivity index is 2.11. The first kappa shape index (κ1) is 18.5. The molecule has 0 atom stereocenters. The number of nitrogen functional groups attached to an aromatic ring is 1. The second-order valence-electron chi connectivity index (χ2n) is 6.05. The van der Waals surface area contributed by atoms with Crippen LogP contribution in [-0.4, -0.2) is 4.98 Å². The molecule has 3 aromatic rings. The molecule has 0 saturated carbocycles. The van der Waals surface area contributed by atoms with E-state index in [4.69, 9.17) is 5.73 Å². The third-order valence-corrected chi connectivity index (χ3v) is 4.34. The molecule has 0 radical (unpaired) electrons. The molecule has 0 spiro atoms. The van der Waals surface area contributed by atoms with E-state index >= 15 is 0 Å². The number of nitrogens with two attached hydrogens (primary N) is 1. The number of hydrogen-bond donors (Lipinski definition) is 1. The highest BCUT2D eigenvalue weighted by atomic mass is 19.4. The molecule has 6 heteroatoms. The van der Waals surface area contributed by atoms with E-state index in [1.165, 1.54) is 17.7 Å². The van der Waals surface area contributed by atoms with Gasteiger partial charge >= 0.3 is 6.18 Å². The van der Waals surface area contributed by atoms with Crippen LogP contribution in [0, 0.1) is 11.3 Å². The number of nitriles is 1. The molecule has 0 bridgehead atoms. The Kier molecular flexibility index (Phi) is 4.87. The van der Waals surface area contributed by atoms with Crippen LogP contribution in [-0.2, 0) is 12.6 Å². The monoisotopic (exact) mass is 367 g/mol. The van der Waals surface area contributed by atoms with Crippen molar-refractivity contribution >= 4 is 5.82 Å². The minimum atomic E-state index is -4.42. The van der Waals surface area contributed by atoms with Gasteiger partial charge in [-0.05, 0) is 35.7 Å². The van der Waals surface area contributed by atoms with Crippen LogP contribution in [0.25, 0.3) is 22.4 Å². The molecule has 2 aromatic carbocycles. The second-order valence-corrected chi connectivity index (χ2v) is 6.05. The van der Waals surface area contributed by atoms with Crippen molar-refractivity contribution in [3.63, 3.8) is 0 Å². The van der Waals surface area contributed by atoms with Crippen LogP contribution in [0.2, 0.25) is 0 Å². The van der Waals surface area contributed by atoms with Gasteiger partial charge in [-0.25, -0.2) is 4.98 Å². The Morgan fingerprint density at radius 2 is 1.59 bits per heavy atom. The van der Waals surface area contributed by atoms with E-state index in [-0.39, 0.29) is 11.4 Å². The smallest absolute Gasteiger partial charge is 0.383 e. The number of rotatable bonds is 3. The quantitative estimate of drug-likeness (QED) is 0.669. The Hall–Kier alpha value is -3.33. The van der Waals surface area contributed by atoms with Crippen molar-refractivity contribution in [2.24, 2.45) is 0 Å². The van der Waals surface area contributed by atoms with Crippen molar-refractivity contribution < 1.29 is 13.2 Å². The van der Waals surface area contributed by atoms with Crippen molar-refractivity contribution in [3.8, 4) is 28.5 Å². The van der Waals surface area contributed by atoms with Gasteiger partial charge in [-0.2, -0.15) is 18.4 Å². The van der Waals surface area contributed by atoms with E-state index in [0.29, 0.717) is 16.8 Å². The average Bonchev–Trinajstić information content (AvgIpc) is 2.67. The molecule has 0 aliphatic carbocycles. The third-order valence-electron chi connectivity index (χ3n) is 4.34. The predicted octanol–water partition coefficient (Wildman–Crippen LogP) is 5.45. The third kappa shape index (κ3) is 3.77. The lowest BCUT2D eigenvalue weighted by atomic mass is 9.97. The summed E-state index contributed by atoms with van der Waals surface area (Å²) >= 11 is 0. The summed E-state index contributed by atoms with van der Waals surface area (Å²) in [5.74, 6) is 0.0458. The van der Waals surface area contributed by atoms with Crippen molar-refractivity contribution in [1.29, 1.82) is 5.26 Å². The molecule has 0 fully saturated rings. The van der Waals surface area contributed by atoms with Gasteiger partial charge in [0.2, 0.25) is 0 Å². The summed E-state index contributed by atoms with van der Waals surface area (Å²) in [6, 6.07) is 16.1. The maximum Gasteiger partial charge on any atom is 0.416 e. The SMILES string of the molecule is CCc1ccc(-c2cc(-c3ccc(C(F)(F)F)cc3)c(C#N)c(N)n2)cc1. The van der Waals surface area contributed by atoms with Gasteiger partial charge in [0.15, 0.2) is 0 Å². The van der Waals surface area contributed by atoms with Gasteiger partial charge in [0.05, 0.1) is 11.3 Å². The lowest BCUT2D eigenvalue weighted by molar-refractivity contribution is -0.137. The summed E-state index contributed by atoms with van der Waals surface area (Å²) in [7, 11) is 0. The van der Waals surface area contributed by atoms with Crippen molar-refractivity contribution in [3.05, 3.63) is 71.3 Å². The number of benzene rings is 2. The molecule has 0 unspecified atom stereocenters. The number of nitrogens with zero attached hydrogens (tertiary/aromatic N) is 2. The molecule has 136 valence electrons. The van der Waals surface area contributed by atoms with Gasteiger partial charge in [0.1, 0.15) is 17.5 Å². The molecule has 3 rings (SSSR count). The van der Waals surface area contributed by atoms with E-state index in [0.717, 1.165) is 24.1 Å². The normalized spacial score (nSPS) is 11.2. The molecule has 0 aliphatic rings.